The van der Waals surface area contributed by atoms with Crippen molar-refractivity contribution in [1.29, 1.82) is 0 Å². The number of halogens is 1. The van der Waals surface area contributed by atoms with Gasteiger partial charge < -0.3 is 15.5 Å². The zero-order chi connectivity index (χ0) is 15.4. The number of hydrogen-bond acceptors (Lipinski definition) is 3. The van der Waals surface area contributed by atoms with E-state index in [4.69, 9.17) is 0 Å². The summed E-state index contributed by atoms with van der Waals surface area (Å²) in [6.07, 6.45) is 2.24. The van der Waals surface area contributed by atoms with Crippen molar-refractivity contribution in [3.8, 4) is 0 Å². The molecule has 0 aromatic heterocycles. The molecule has 5 heteroatoms. The van der Waals surface area contributed by atoms with E-state index < -0.39 is 0 Å². The molecule has 2 N–H and O–H groups in total. The second-order valence-electron chi connectivity index (χ2n) is 6.01. The van der Waals surface area contributed by atoms with E-state index in [0.717, 1.165) is 29.5 Å². The lowest BCUT2D eigenvalue weighted by Gasteiger charge is -2.23. The molecule has 1 saturated carbocycles. The zero-order valence-electron chi connectivity index (χ0n) is 12.9. The number of carbonyl (C=O) groups is 1. The van der Waals surface area contributed by atoms with E-state index in [1.54, 1.807) is 0 Å². The first kappa shape index (κ1) is 16.3. The van der Waals surface area contributed by atoms with Gasteiger partial charge in [0.05, 0.1) is 6.54 Å². The summed E-state index contributed by atoms with van der Waals surface area (Å²) < 4.78 is 1.03. The van der Waals surface area contributed by atoms with E-state index in [9.17, 15) is 4.79 Å². The summed E-state index contributed by atoms with van der Waals surface area (Å²) in [6, 6.07) is 7.06. The van der Waals surface area contributed by atoms with Crippen molar-refractivity contribution in [2.24, 2.45) is 0 Å². The van der Waals surface area contributed by atoms with Gasteiger partial charge in [-0.05, 0) is 30.5 Å². The van der Waals surface area contributed by atoms with Gasteiger partial charge in [0.25, 0.3) is 0 Å². The Labute approximate surface area is 135 Å². The standard InChI is InChI=1S/C16H24BrN3O/c1-11(2)18-9-12-4-5-13(17)8-15(12)20(3)10-16(21)19-14-6-7-14/h4-5,8,11,14,18H,6-7,9-10H2,1-3H3,(H,19,21). The molecule has 1 aromatic carbocycles. The van der Waals surface area contributed by atoms with Crippen molar-refractivity contribution in [3.05, 3.63) is 28.2 Å². The fraction of sp³-hybridized carbons (Fsp3) is 0.562. The maximum Gasteiger partial charge on any atom is 0.239 e. The highest BCUT2D eigenvalue weighted by atomic mass is 79.9. The van der Waals surface area contributed by atoms with Crippen LogP contribution in [0.5, 0.6) is 0 Å². The Bertz CT molecular complexity index is 500. The van der Waals surface area contributed by atoms with Gasteiger partial charge in [-0.2, -0.15) is 0 Å². The van der Waals surface area contributed by atoms with Crippen molar-refractivity contribution in [2.45, 2.75) is 45.3 Å². The maximum atomic E-state index is 12.0. The van der Waals surface area contributed by atoms with Crippen molar-refractivity contribution in [2.75, 3.05) is 18.5 Å². The average Bonchev–Trinajstić information content (AvgIpc) is 3.20. The Morgan fingerprint density at radius 1 is 1.43 bits per heavy atom. The van der Waals surface area contributed by atoms with Crippen molar-refractivity contribution in [1.82, 2.24) is 10.6 Å². The van der Waals surface area contributed by atoms with Crippen LogP contribution >= 0.6 is 15.9 Å². The molecule has 0 radical (unpaired) electrons. The predicted molar refractivity (Wildman–Crippen MR) is 90.6 cm³/mol. The molecule has 0 heterocycles. The molecule has 0 bridgehead atoms. The van der Waals surface area contributed by atoms with Gasteiger partial charge in [0.15, 0.2) is 0 Å². The van der Waals surface area contributed by atoms with Gasteiger partial charge >= 0.3 is 0 Å². The van der Waals surface area contributed by atoms with E-state index >= 15 is 0 Å². The lowest BCUT2D eigenvalue weighted by Crippen LogP contribution is -2.36. The van der Waals surface area contributed by atoms with Crippen LogP contribution in [0.1, 0.15) is 32.3 Å². The molecule has 0 aliphatic heterocycles. The molecule has 4 nitrogen and oxygen atoms in total. The molecule has 1 aliphatic rings. The lowest BCUT2D eigenvalue weighted by atomic mass is 10.1. The minimum Gasteiger partial charge on any atom is -0.365 e. The third-order valence-electron chi connectivity index (χ3n) is 3.48. The third-order valence-corrected chi connectivity index (χ3v) is 3.98. The second kappa shape index (κ2) is 7.27. The quantitative estimate of drug-likeness (QED) is 0.791. The first-order chi connectivity index (χ1) is 9.95. The highest BCUT2D eigenvalue weighted by molar-refractivity contribution is 9.10. The van der Waals surface area contributed by atoms with Crippen LogP contribution in [0.4, 0.5) is 5.69 Å². The van der Waals surface area contributed by atoms with Crippen LogP contribution in [0.2, 0.25) is 0 Å². The predicted octanol–water partition coefficient (Wildman–Crippen LogP) is 2.66. The van der Waals surface area contributed by atoms with Crippen LogP contribution in [-0.2, 0) is 11.3 Å². The minimum atomic E-state index is 0.0998. The normalized spacial score (nSPS) is 14.3. The fourth-order valence-electron chi connectivity index (χ4n) is 2.16. The Hall–Kier alpha value is -1.07. The number of likely N-dealkylation sites (N-methyl/N-ethyl adjacent to an activating group) is 1. The topological polar surface area (TPSA) is 44.4 Å². The fourth-order valence-corrected chi connectivity index (χ4v) is 2.51. The van der Waals surface area contributed by atoms with Crippen LogP contribution in [-0.4, -0.2) is 31.6 Å². The summed E-state index contributed by atoms with van der Waals surface area (Å²) in [5.41, 5.74) is 2.29. The first-order valence-corrected chi connectivity index (χ1v) is 8.27. The number of benzene rings is 1. The van der Waals surface area contributed by atoms with E-state index in [-0.39, 0.29) is 5.91 Å². The molecule has 2 rings (SSSR count). The number of nitrogens with zero attached hydrogens (tertiary/aromatic N) is 1. The van der Waals surface area contributed by atoms with Crippen LogP contribution in [0.3, 0.4) is 0 Å². The molecule has 0 spiro atoms. The van der Waals surface area contributed by atoms with Gasteiger partial charge in [-0.25, -0.2) is 0 Å². The van der Waals surface area contributed by atoms with E-state index in [0.29, 0.717) is 18.6 Å². The SMILES string of the molecule is CC(C)NCc1ccc(Br)cc1N(C)CC(=O)NC1CC1. The van der Waals surface area contributed by atoms with Crippen LogP contribution in [0.25, 0.3) is 0 Å². The average molecular weight is 354 g/mol. The number of hydrogen-bond donors (Lipinski definition) is 2. The molecule has 0 atom stereocenters. The Balaban J connectivity index is 2.04. The molecule has 1 aromatic rings. The maximum absolute atomic E-state index is 12.0. The molecular formula is C16H24BrN3O. The van der Waals surface area contributed by atoms with Crippen LogP contribution < -0.4 is 15.5 Å². The monoisotopic (exact) mass is 353 g/mol. The second-order valence-corrected chi connectivity index (χ2v) is 6.92. The summed E-state index contributed by atoms with van der Waals surface area (Å²) in [7, 11) is 1.97. The van der Waals surface area contributed by atoms with Crippen molar-refractivity contribution < 1.29 is 4.79 Å². The van der Waals surface area contributed by atoms with Crippen LogP contribution in [0, 0.1) is 0 Å². The molecule has 116 valence electrons. The van der Waals surface area contributed by atoms with Crippen LogP contribution in [0.15, 0.2) is 22.7 Å². The largest absolute Gasteiger partial charge is 0.365 e. The molecule has 1 amide bonds. The van der Waals surface area contributed by atoms with E-state index in [1.807, 2.05) is 18.0 Å². The van der Waals surface area contributed by atoms with Gasteiger partial charge in [0.1, 0.15) is 0 Å². The van der Waals surface area contributed by atoms with Crippen molar-refractivity contribution in [3.63, 3.8) is 0 Å². The lowest BCUT2D eigenvalue weighted by molar-refractivity contribution is -0.119. The number of nitrogens with one attached hydrogen (secondary N) is 2. The van der Waals surface area contributed by atoms with Gasteiger partial charge in [-0.3, -0.25) is 4.79 Å². The third kappa shape index (κ3) is 5.32. The van der Waals surface area contributed by atoms with Gasteiger partial charge in [0, 0.05) is 35.8 Å². The molecular weight excluding hydrogens is 330 g/mol. The van der Waals surface area contributed by atoms with Crippen molar-refractivity contribution >= 4 is 27.5 Å². The zero-order valence-corrected chi connectivity index (χ0v) is 14.5. The number of carbonyl (C=O) groups excluding carboxylic acids is 1. The number of anilines is 1. The van der Waals surface area contributed by atoms with Gasteiger partial charge in [-0.1, -0.05) is 35.8 Å². The summed E-state index contributed by atoms with van der Waals surface area (Å²) in [5.74, 6) is 0.0998. The van der Waals surface area contributed by atoms with Gasteiger partial charge in [-0.15, -0.1) is 0 Å². The Kier molecular flexibility index (Phi) is 5.65. The first-order valence-electron chi connectivity index (χ1n) is 7.48. The Morgan fingerprint density at radius 3 is 2.76 bits per heavy atom. The molecule has 0 saturated heterocycles. The summed E-state index contributed by atoms with van der Waals surface area (Å²) in [4.78, 5) is 14.0. The van der Waals surface area contributed by atoms with E-state index in [1.165, 1.54) is 5.56 Å². The summed E-state index contributed by atoms with van der Waals surface area (Å²) in [5, 5.41) is 6.46. The molecule has 21 heavy (non-hydrogen) atoms. The number of amides is 1. The smallest absolute Gasteiger partial charge is 0.239 e. The minimum absolute atomic E-state index is 0.0998. The highest BCUT2D eigenvalue weighted by Gasteiger charge is 2.23. The highest BCUT2D eigenvalue weighted by Crippen LogP contribution is 2.25. The Morgan fingerprint density at radius 2 is 2.14 bits per heavy atom. The molecule has 0 unspecified atom stereocenters. The van der Waals surface area contributed by atoms with Gasteiger partial charge in [0.2, 0.25) is 5.91 Å². The summed E-state index contributed by atoms with van der Waals surface area (Å²) in [6.45, 7) is 5.45. The molecule has 1 fully saturated rings. The number of rotatable bonds is 7. The molecule has 1 aliphatic carbocycles. The van der Waals surface area contributed by atoms with E-state index in [2.05, 4.69) is 52.5 Å². The summed E-state index contributed by atoms with van der Waals surface area (Å²) >= 11 is 3.51.